The van der Waals surface area contributed by atoms with Crippen molar-refractivity contribution in [1.29, 1.82) is 0 Å². The molecular weight excluding hydrogens is 196 g/mol. The Labute approximate surface area is 95.6 Å². The van der Waals surface area contributed by atoms with Crippen LogP contribution in [0.3, 0.4) is 0 Å². The minimum absolute atomic E-state index is 0.670. The topological polar surface area (TPSA) is 16.1 Å². The zero-order valence-corrected chi connectivity index (χ0v) is 9.08. The Kier molecular flexibility index (Phi) is 2.33. The van der Waals surface area contributed by atoms with Gasteiger partial charge in [-0.2, -0.15) is 0 Å². The van der Waals surface area contributed by atoms with Crippen molar-refractivity contribution in [2.45, 2.75) is 5.92 Å². The molecule has 1 aromatic carbocycles. The smallest absolute Gasteiger partial charge is 0.128 e. The lowest BCUT2D eigenvalue weighted by Gasteiger charge is -2.40. The van der Waals surface area contributed by atoms with E-state index < -0.39 is 0 Å². The van der Waals surface area contributed by atoms with Gasteiger partial charge in [-0.25, -0.2) is 4.98 Å². The van der Waals surface area contributed by atoms with Crippen LogP contribution in [0.4, 0.5) is 5.82 Å². The average Bonchev–Trinajstić information content (AvgIpc) is 2.30. The fourth-order valence-electron chi connectivity index (χ4n) is 2.14. The summed E-state index contributed by atoms with van der Waals surface area (Å²) in [6.45, 7) is 2.17. The minimum Gasteiger partial charge on any atom is -0.355 e. The zero-order chi connectivity index (χ0) is 10.8. The van der Waals surface area contributed by atoms with E-state index in [4.69, 9.17) is 0 Å². The quantitative estimate of drug-likeness (QED) is 0.757. The maximum Gasteiger partial charge on any atom is 0.128 e. The van der Waals surface area contributed by atoms with Gasteiger partial charge >= 0.3 is 0 Å². The Bertz CT molecular complexity index is 403. The second kappa shape index (κ2) is 3.97. The van der Waals surface area contributed by atoms with E-state index in [1.54, 1.807) is 0 Å². The van der Waals surface area contributed by atoms with Crippen molar-refractivity contribution in [3.63, 3.8) is 0 Å². The molecule has 16 heavy (non-hydrogen) atoms. The Morgan fingerprint density at radius 1 is 0.938 bits per heavy atom. The second-order valence-corrected chi connectivity index (χ2v) is 4.20. The fraction of sp³-hybridized carbons (Fsp3) is 0.214. The van der Waals surface area contributed by atoms with Crippen molar-refractivity contribution < 1.29 is 0 Å². The van der Waals surface area contributed by atoms with Gasteiger partial charge in [-0.15, -0.1) is 0 Å². The molecule has 3 rings (SSSR count). The van der Waals surface area contributed by atoms with E-state index in [2.05, 4.69) is 46.3 Å². The number of anilines is 1. The van der Waals surface area contributed by atoms with Crippen LogP contribution in [0.2, 0.25) is 0 Å². The summed E-state index contributed by atoms with van der Waals surface area (Å²) in [5, 5.41) is 0. The third-order valence-electron chi connectivity index (χ3n) is 3.13. The molecule has 1 aliphatic heterocycles. The molecule has 1 aliphatic rings. The van der Waals surface area contributed by atoms with Crippen LogP contribution in [0.1, 0.15) is 11.5 Å². The van der Waals surface area contributed by atoms with E-state index in [1.807, 2.05) is 18.3 Å². The predicted octanol–water partition coefficient (Wildman–Crippen LogP) is 2.69. The van der Waals surface area contributed by atoms with Gasteiger partial charge in [0.15, 0.2) is 0 Å². The van der Waals surface area contributed by atoms with Gasteiger partial charge in [-0.1, -0.05) is 36.4 Å². The lowest BCUT2D eigenvalue weighted by atomic mass is 9.91. The maximum atomic E-state index is 4.35. The molecule has 0 atom stereocenters. The van der Waals surface area contributed by atoms with Gasteiger partial charge in [0.05, 0.1) is 0 Å². The summed E-state index contributed by atoms with van der Waals surface area (Å²) in [6, 6.07) is 16.8. The van der Waals surface area contributed by atoms with Crippen LogP contribution >= 0.6 is 0 Å². The standard InChI is InChI=1S/C14H14N2/c1-2-6-12(7-3-1)13-10-16(11-13)14-8-4-5-9-15-14/h1-9,13H,10-11H2. The molecule has 1 fully saturated rings. The summed E-state index contributed by atoms with van der Waals surface area (Å²) in [7, 11) is 0. The Hall–Kier alpha value is -1.83. The van der Waals surface area contributed by atoms with E-state index in [1.165, 1.54) is 5.56 Å². The van der Waals surface area contributed by atoms with Gasteiger partial charge in [-0.3, -0.25) is 0 Å². The molecule has 2 aromatic rings. The first-order chi connectivity index (χ1) is 7.93. The zero-order valence-electron chi connectivity index (χ0n) is 9.08. The number of nitrogens with zero attached hydrogens (tertiary/aromatic N) is 2. The number of hydrogen-bond donors (Lipinski definition) is 0. The molecule has 0 radical (unpaired) electrons. The summed E-state index contributed by atoms with van der Waals surface area (Å²) in [4.78, 5) is 6.67. The molecule has 0 amide bonds. The van der Waals surface area contributed by atoms with Gasteiger partial charge in [0.2, 0.25) is 0 Å². The highest BCUT2D eigenvalue weighted by Crippen LogP contribution is 2.29. The first kappa shape index (κ1) is 9.40. The molecule has 0 saturated carbocycles. The number of aromatic nitrogens is 1. The number of hydrogen-bond acceptors (Lipinski definition) is 2. The molecule has 2 nitrogen and oxygen atoms in total. The van der Waals surface area contributed by atoms with Crippen molar-refractivity contribution in [3.05, 3.63) is 60.3 Å². The third-order valence-corrected chi connectivity index (χ3v) is 3.13. The van der Waals surface area contributed by atoms with Crippen LogP contribution in [0, 0.1) is 0 Å². The first-order valence-electron chi connectivity index (χ1n) is 5.64. The van der Waals surface area contributed by atoms with E-state index in [0.29, 0.717) is 5.92 Å². The molecule has 80 valence electrons. The predicted molar refractivity (Wildman–Crippen MR) is 65.6 cm³/mol. The summed E-state index contributed by atoms with van der Waals surface area (Å²) in [5.41, 5.74) is 1.44. The summed E-state index contributed by atoms with van der Waals surface area (Å²) in [6.07, 6.45) is 1.85. The van der Waals surface area contributed by atoms with Crippen LogP contribution in [0.15, 0.2) is 54.7 Å². The van der Waals surface area contributed by atoms with Crippen LogP contribution in [-0.4, -0.2) is 18.1 Å². The van der Waals surface area contributed by atoms with Crippen molar-refractivity contribution in [2.75, 3.05) is 18.0 Å². The monoisotopic (exact) mass is 210 g/mol. The van der Waals surface area contributed by atoms with E-state index in [9.17, 15) is 0 Å². The van der Waals surface area contributed by atoms with Gasteiger partial charge in [0, 0.05) is 25.2 Å². The molecular formula is C14H14N2. The van der Waals surface area contributed by atoms with Gasteiger partial charge < -0.3 is 4.90 Å². The molecule has 0 bridgehead atoms. The van der Waals surface area contributed by atoms with Crippen molar-refractivity contribution in [3.8, 4) is 0 Å². The Balaban J connectivity index is 1.68. The number of pyridine rings is 1. The number of rotatable bonds is 2. The van der Waals surface area contributed by atoms with Gasteiger partial charge in [0.25, 0.3) is 0 Å². The Morgan fingerprint density at radius 3 is 2.38 bits per heavy atom. The molecule has 0 N–H and O–H groups in total. The lowest BCUT2D eigenvalue weighted by Crippen LogP contribution is -2.45. The lowest BCUT2D eigenvalue weighted by molar-refractivity contribution is 0.520. The van der Waals surface area contributed by atoms with E-state index >= 15 is 0 Å². The Morgan fingerprint density at radius 2 is 1.69 bits per heavy atom. The van der Waals surface area contributed by atoms with Crippen molar-refractivity contribution in [1.82, 2.24) is 4.98 Å². The maximum absolute atomic E-state index is 4.35. The summed E-state index contributed by atoms with van der Waals surface area (Å²) in [5.74, 6) is 1.76. The minimum atomic E-state index is 0.670. The van der Waals surface area contributed by atoms with Crippen molar-refractivity contribution in [2.24, 2.45) is 0 Å². The van der Waals surface area contributed by atoms with Gasteiger partial charge in [0.1, 0.15) is 5.82 Å². The molecule has 1 saturated heterocycles. The highest BCUT2D eigenvalue weighted by Gasteiger charge is 2.28. The first-order valence-corrected chi connectivity index (χ1v) is 5.64. The second-order valence-electron chi connectivity index (χ2n) is 4.20. The van der Waals surface area contributed by atoms with E-state index in [0.717, 1.165) is 18.9 Å². The SMILES string of the molecule is c1ccc(C2CN(c3ccccn3)C2)cc1. The molecule has 2 heterocycles. The highest BCUT2D eigenvalue weighted by atomic mass is 15.2. The fourth-order valence-corrected chi connectivity index (χ4v) is 2.14. The van der Waals surface area contributed by atoms with Crippen LogP contribution in [0.25, 0.3) is 0 Å². The van der Waals surface area contributed by atoms with Gasteiger partial charge in [-0.05, 0) is 17.7 Å². The highest BCUT2D eigenvalue weighted by molar-refractivity contribution is 5.44. The third kappa shape index (κ3) is 1.67. The average molecular weight is 210 g/mol. The molecule has 2 heteroatoms. The molecule has 0 aliphatic carbocycles. The van der Waals surface area contributed by atoms with E-state index in [-0.39, 0.29) is 0 Å². The van der Waals surface area contributed by atoms with Crippen LogP contribution < -0.4 is 4.90 Å². The molecule has 1 aromatic heterocycles. The van der Waals surface area contributed by atoms with Crippen LogP contribution in [-0.2, 0) is 0 Å². The molecule has 0 unspecified atom stereocenters. The largest absolute Gasteiger partial charge is 0.355 e. The summed E-state index contributed by atoms with van der Waals surface area (Å²) < 4.78 is 0. The molecule has 0 spiro atoms. The van der Waals surface area contributed by atoms with Crippen LogP contribution in [0.5, 0.6) is 0 Å². The summed E-state index contributed by atoms with van der Waals surface area (Å²) >= 11 is 0. The number of benzene rings is 1. The van der Waals surface area contributed by atoms with Crippen molar-refractivity contribution >= 4 is 5.82 Å². The normalized spacial score (nSPS) is 15.9.